The first-order chi connectivity index (χ1) is 8.82. The van der Waals surface area contributed by atoms with Crippen LogP contribution in [-0.2, 0) is 19.1 Å². The Labute approximate surface area is 123 Å². The Kier molecular flexibility index (Phi) is 6.40. The Hall–Kier alpha value is -0.900. The average molecular weight is 286 g/mol. The van der Waals surface area contributed by atoms with Crippen molar-refractivity contribution < 1.29 is 19.1 Å². The number of ketones is 1. The second-order valence-electron chi connectivity index (χ2n) is 7.44. The molecule has 0 N–H and O–H groups in total. The lowest BCUT2D eigenvalue weighted by molar-refractivity contribution is -0.181. The molecule has 118 valence electrons. The molecule has 0 amide bonds. The fourth-order valence-corrected chi connectivity index (χ4v) is 1.80. The Morgan fingerprint density at radius 1 is 0.950 bits per heavy atom. The van der Waals surface area contributed by atoms with Crippen LogP contribution in [0.25, 0.3) is 0 Å². The zero-order chi connectivity index (χ0) is 16.2. The predicted molar refractivity (Wildman–Crippen MR) is 79.6 cm³/mol. The van der Waals surface area contributed by atoms with Gasteiger partial charge in [-0.15, -0.1) is 0 Å². The molecule has 0 aliphatic carbocycles. The Morgan fingerprint density at radius 2 is 1.45 bits per heavy atom. The second-order valence-corrected chi connectivity index (χ2v) is 7.44. The average Bonchev–Trinajstić information content (AvgIpc) is 2.23. The number of esters is 1. The van der Waals surface area contributed by atoms with Gasteiger partial charge in [0.1, 0.15) is 0 Å². The van der Waals surface area contributed by atoms with Gasteiger partial charge in [0, 0.05) is 11.8 Å². The molecule has 0 spiro atoms. The van der Waals surface area contributed by atoms with Crippen LogP contribution in [0.3, 0.4) is 0 Å². The summed E-state index contributed by atoms with van der Waals surface area (Å²) in [5, 5.41) is 0. The highest BCUT2D eigenvalue weighted by Crippen LogP contribution is 2.28. The fraction of sp³-hybridized carbons (Fsp3) is 0.875. The second kappa shape index (κ2) is 6.70. The van der Waals surface area contributed by atoms with E-state index in [4.69, 9.17) is 9.47 Å². The van der Waals surface area contributed by atoms with Crippen molar-refractivity contribution in [1.82, 2.24) is 0 Å². The van der Waals surface area contributed by atoms with Gasteiger partial charge in [0.2, 0.25) is 0 Å². The minimum absolute atomic E-state index is 0.0715. The molecule has 0 bridgehead atoms. The van der Waals surface area contributed by atoms with E-state index in [1.165, 1.54) is 0 Å². The van der Waals surface area contributed by atoms with Crippen LogP contribution >= 0.6 is 0 Å². The van der Waals surface area contributed by atoms with E-state index in [-0.39, 0.29) is 18.4 Å². The zero-order valence-electron chi connectivity index (χ0n) is 14.3. The largest absolute Gasteiger partial charge is 0.449 e. The highest BCUT2D eigenvalue weighted by Gasteiger charge is 2.44. The van der Waals surface area contributed by atoms with Gasteiger partial charge >= 0.3 is 5.97 Å². The molecule has 1 unspecified atom stereocenters. The lowest BCUT2D eigenvalue weighted by Gasteiger charge is -2.35. The van der Waals surface area contributed by atoms with Gasteiger partial charge in [0.15, 0.2) is 11.4 Å². The quantitative estimate of drug-likeness (QED) is 0.701. The summed E-state index contributed by atoms with van der Waals surface area (Å²) < 4.78 is 11.1. The first kappa shape index (κ1) is 19.1. The van der Waals surface area contributed by atoms with Crippen LogP contribution < -0.4 is 0 Å². The summed E-state index contributed by atoms with van der Waals surface area (Å²) in [6.07, 6.45) is 1.00. The number of rotatable bonds is 6. The molecule has 0 saturated heterocycles. The Balaban J connectivity index is 5.13. The molecular formula is C16H30O4. The summed E-state index contributed by atoms with van der Waals surface area (Å²) in [6, 6.07) is 0. The maximum absolute atomic E-state index is 12.6. The molecule has 20 heavy (non-hydrogen) atoms. The Bertz CT molecular complexity index is 346. The van der Waals surface area contributed by atoms with Crippen molar-refractivity contribution in [3.8, 4) is 0 Å². The van der Waals surface area contributed by atoms with Crippen molar-refractivity contribution in [2.75, 3.05) is 6.61 Å². The van der Waals surface area contributed by atoms with Gasteiger partial charge in [0.05, 0.1) is 12.2 Å². The molecule has 4 nitrogen and oxygen atoms in total. The van der Waals surface area contributed by atoms with Crippen LogP contribution in [0.15, 0.2) is 0 Å². The molecule has 0 aliphatic rings. The minimum atomic E-state index is -1.24. The summed E-state index contributed by atoms with van der Waals surface area (Å²) in [6.45, 7) is 14.8. The van der Waals surface area contributed by atoms with E-state index in [0.717, 1.165) is 0 Å². The van der Waals surface area contributed by atoms with Gasteiger partial charge in [-0.1, -0.05) is 27.7 Å². The van der Waals surface area contributed by atoms with Crippen LogP contribution in [0.5, 0.6) is 0 Å². The molecule has 0 fully saturated rings. The summed E-state index contributed by atoms with van der Waals surface area (Å²) >= 11 is 0. The van der Waals surface area contributed by atoms with Crippen LogP contribution in [-0.4, -0.2) is 29.6 Å². The van der Waals surface area contributed by atoms with Crippen LogP contribution in [0.4, 0.5) is 0 Å². The molecule has 0 aromatic rings. The molecule has 4 heteroatoms. The fourth-order valence-electron chi connectivity index (χ4n) is 1.80. The van der Waals surface area contributed by atoms with Gasteiger partial charge in [-0.25, -0.2) is 0 Å². The van der Waals surface area contributed by atoms with Gasteiger partial charge in [0.25, 0.3) is 0 Å². The van der Waals surface area contributed by atoms with Crippen LogP contribution in [0.2, 0.25) is 0 Å². The lowest BCUT2D eigenvalue weighted by Crippen LogP contribution is -2.51. The maximum atomic E-state index is 12.6. The summed E-state index contributed by atoms with van der Waals surface area (Å²) in [5.74, 6) is -0.483. The number of hydrogen-bond donors (Lipinski definition) is 0. The topological polar surface area (TPSA) is 52.6 Å². The van der Waals surface area contributed by atoms with E-state index in [1.54, 1.807) is 6.92 Å². The number of carbonyl (C=O) groups is 2. The van der Waals surface area contributed by atoms with Gasteiger partial charge in [-0.05, 0) is 34.1 Å². The SMILES string of the molecule is CCCC(=O)OC(C)(COC(C)(C)C)C(=O)C(C)(C)C. The molecule has 0 aromatic heterocycles. The zero-order valence-corrected chi connectivity index (χ0v) is 14.3. The molecule has 1 atom stereocenters. The summed E-state index contributed by atoms with van der Waals surface area (Å²) in [7, 11) is 0. The molecule has 0 aromatic carbocycles. The van der Waals surface area contributed by atoms with Crippen molar-refractivity contribution in [3.05, 3.63) is 0 Å². The molecular weight excluding hydrogens is 256 g/mol. The van der Waals surface area contributed by atoms with E-state index in [9.17, 15) is 9.59 Å². The predicted octanol–water partition coefficient (Wildman–Crippen LogP) is 3.52. The van der Waals surface area contributed by atoms with E-state index in [2.05, 4.69) is 0 Å². The number of hydrogen-bond acceptors (Lipinski definition) is 4. The highest BCUT2D eigenvalue weighted by molar-refractivity contribution is 5.93. The van der Waals surface area contributed by atoms with E-state index in [1.807, 2.05) is 48.5 Å². The monoisotopic (exact) mass is 286 g/mol. The molecule has 0 rings (SSSR count). The van der Waals surface area contributed by atoms with Crippen molar-refractivity contribution >= 4 is 11.8 Å². The van der Waals surface area contributed by atoms with Gasteiger partial charge in [-0.3, -0.25) is 9.59 Å². The maximum Gasteiger partial charge on any atom is 0.306 e. The van der Waals surface area contributed by atoms with Crippen molar-refractivity contribution in [2.45, 2.75) is 79.4 Å². The third kappa shape index (κ3) is 6.51. The first-order valence-corrected chi connectivity index (χ1v) is 7.22. The highest BCUT2D eigenvalue weighted by atomic mass is 16.6. The van der Waals surface area contributed by atoms with Crippen LogP contribution in [0, 0.1) is 5.41 Å². The normalized spacial score (nSPS) is 15.6. The minimum Gasteiger partial charge on any atom is -0.449 e. The number of carbonyl (C=O) groups excluding carboxylic acids is 2. The smallest absolute Gasteiger partial charge is 0.306 e. The van der Waals surface area contributed by atoms with E-state index < -0.39 is 16.6 Å². The van der Waals surface area contributed by atoms with Gasteiger partial charge in [-0.2, -0.15) is 0 Å². The van der Waals surface area contributed by atoms with Crippen molar-refractivity contribution in [1.29, 1.82) is 0 Å². The standard InChI is InChI=1S/C16H30O4/c1-9-10-12(17)20-16(8,11-19-15(5,6)7)13(18)14(2,3)4/h9-11H2,1-8H3. The molecule has 0 saturated carbocycles. The molecule has 0 heterocycles. The molecule has 0 aliphatic heterocycles. The summed E-state index contributed by atoms with van der Waals surface area (Å²) in [5.41, 5.74) is -2.23. The number of ether oxygens (including phenoxy) is 2. The van der Waals surface area contributed by atoms with Crippen molar-refractivity contribution in [3.63, 3.8) is 0 Å². The molecule has 0 radical (unpaired) electrons. The Morgan fingerprint density at radius 3 is 1.80 bits per heavy atom. The third-order valence-electron chi connectivity index (χ3n) is 2.74. The van der Waals surface area contributed by atoms with Crippen molar-refractivity contribution in [2.24, 2.45) is 5.41 Å². The number of Topliss-reactive ketones (excluding diaryl/α,β-unsaturated/α-hetero) is 1. The first-order valence-electron chi connectivity index (χ1n) is 7.22. The third-order valence-corrected chi connectivity index (χ3v) is 2.74. The lowest BCUT2D eigenvalue weighted by atomic mass is 9.81. The van der Waals surface area contributed by atoms with Crippen LogP contribution in [0.1, 0.15) is 68.2 Å². The van der Waals surface area contributed by atoms with E-state index >= 15 is 0 Å². The van der Waals surface area contributed by atoms with Gasteiger partial charge < -0.3 is 9.47 Å². The van der Waals surface area contributed by atoms with E-state index in [0.29, 0.717) is 12.8 Å². The summed E-state index contributed by atoms with van der Waals surface area (Å²) in [4.78, 5) is 24.4.